The summed E-state index contributed by atoms with van der Waals surface area (Å²) < 4.78 is 1.82. The smallest absolute Gasteiger partial charge is 0.341 e. The predicted octanol–water partition coefficient (Wildman–Crippen LogP) is 2.23. The van der Waals surface area contributed by atoms with E-state index in [9.17, 15) is 24.8 Å². The Morgan fingerprint density at radius 1 is 1.14 bits per heavy atom. The lowest BCUT2D eigenvalue weighted by Crippen LogP contribution is -2.50. The van der Waals surface area contributed by atoms with E-state index < -0.39 is 16.3 Å². The fourth-order valence-electron chi connectivity index (χ4n) is 4.79. The predicted molar refractivity (Wildman–Crippen MR) is 107 cm³/mol. The SMILES string of the molecule is O=C(O)c1cn(C2CC2)c2cc(N3CCN4CCCC4C3)c([N+](=O)[O-])cc2c1=O. The fourth-order valence-corrected chi connectivity index (χ4v) is 4.79. The zero-order chi connectivity index (χ0) is 20.3. The molecule has 0 radical (unpaired) electrons. The Hall–Kier alpha value is -2.94. The molecule has 0 amide bonds. The van der Waals surface area contributed by atoms with E-state index in [4.69, 9.17) is 0 Å². The number of nitrogens with zero attached hydrogens (tertiary/aromatic N) is 4. The molecule has 5 rings (SSSR count). The van der Waals surface area contributed by atoms with Gasteiger partial charge in [0.05, 0.1) is 15.8 Å². The zero-order valence-electron chi connectivity index (χ0n) is 15.9. The molecule has 3 fully saturated rings. The van der Waals surface area contributed by atoms with Crippen LogP contribution in [0.2, 0.25) is 0 Å². The van der Waals surface area contributed by atoms with Gasteiger partial charge in [0.1, 0.15) is 11.3 Å². The van der Waals surface area contributed by atoms with Crippen molar-refractivity contribution < 1.29 is 14.8 Å². The number of anilines is 1. The number of rotatable bonds is 4. The third kappa shape index (κ3) is 2.96. The number of carboxylic acid groups (broad SMARTS) is 1. The number of fused-ring (bicyclic) bond motifs is 2. The highest BCUT2D eigenvalue weighted by Gasteiger charge is 2.34. The summed E-state index contributed by atoms with van der Waals surface area (Å²) in [6.07, 6.45) is 5.45. The summed E-state index contributed by atoms with van der Waals surface area (Å²) in [5.41, 5.74) is -0.0421. The van der Waals surface area contributed by atoms with Crippen LogP contribution < -0.4 is 10.3 Å². The van der Waals surface area contributed by atoms with Crippen molar-refractivity contribution in [1.29, 1.82) is 0 Å². The standard InChI is InChI=1S/C20H22N4O5/c25-19-14-8-18(24(28)29)17(22-7-6-21-5-1-2-13(21)10-22)9-16(14)23(12-3-4-12)11-15(19)20(26)27/h8-9,11-13H,1-7,10H2,(H,26,27). The summed E-state index contributed by atoms with van der Waals surface area (Å²) in [5.74, 6) is -1.31. The highest BCUT2D eigenvalue weighted by molar-refractivity contribution is 5.95. The van der Waals surface area contributed by atoms with Crippen molar-refractivity contribution in [2.24, 2.45) is 0 Å². The number of carbonyl (C=O) groups is 1. The largest absolute Gasteiger partial charge is 0.477 e. The number of benzene rings is 1. The van der Waals surface area contributed by atoms with Crippen LogP contribution in [0.4, 0.5) is 11.4 Å². The second kappa shape index (κ2) is 6.55. The van der Waals surface area contributed by atoms with Crippen LogP contribution in [0.5, 0.6) is 0 Å². The number of aromatic carboxylic acids is 1. The van der Waals surface area contributed by atoms with Crippen LogP contribution in [0.1, 0.15) is 42.1 Å². The fraction of sp³-hybridized carbons (Fsp3) is 0.500. The molecule has 1 unspecified atom stereocenters. The summed E-state index contributed by atoms with van der Waals surface area (Å²) in [6.45, 7) is 3.38. The molecule has 9 nitrogen and oxygen atoms in total. The maximum Gasteiger partial charge on any atom is 0.341 e. The maximum atomic E-state index is 12.7. The van der Waals surface area contributed by atoms with Gasteiger partial charge in [0.15, 0.2) is 0 Å². The van der Waals surface area contributed by atoms with Crippen LogP contribution in [0.15, 0.2) is 23.1 Å². The molecule has 1 saturated carbocycles. The van der Waals surface area contributed by atoms with Gasteiger partial charge in [-0.1, -0.05) is 0 Å². The molecule has 1 atom stereocenters. The molecule has 1 aliphatic carbocycles. The van der Waals surface area contributed by atoms with Gasteiger partial charge in [-0.25, -0.2) is 4.79 Å². The molecule has 2 aliphatic heterocycles. The van der Waals surface area contributed by atoms with Gasteiger partial charge in [0.2, 0.25) is 5.43 Å². The molecule has 0 bridgehead atoms. The zero-order valence-corrected chi connectivity index (χ0v) is 15.9. The monoisotopic (exact) mass is 398 g/mol. The Labute approximate surface area is 166 Å². The summed E-state index contributed by atoms with van der Waals surface area (Å²) in [5, 5.41) is 21.4. The number of nitro benzene ring substituents is 1. The Bertz CT molecular complexity index is 1090. The van der Waals surface area contributed by atoms with Crippen LogP contribution in [0.3, 0.4) is 0 Å². The molecule has 9 heteroatoms. The first kappa shape index (κ1) is 18.1. The van der Waals surface area contributed by atoms with Gasteiger partial charge >= 0.3 is 5.97 Å². The topological polar surface area (TPSA) is 109 Å². The van der Waals surface area contributed by atoms with E-state index in [1.165, 1.54) is 12.3 Å². The average Bonchev–Trinajstić information content (AvgIpc) is 3.43. The first-order valence-corrected chi connectivity index (χ1v) is 10.0. The molecule has 29 heavy (non-hydrogen) atoms. The summed E-state index contributed by atoms with van der Waals surface area (Å²) in [4.78, 5) is 40.1. The third-order valence-corrected chi connectivity index (χ3v) is 6.42. The molecule has 1 N–H and O–H groups in total. The van der Waals surface area contributed by atoms with Crippen molar-refractivity contribution in [3.8, 4) is 0 Å². The van der Waals surface area contributed by atoms with E-state index >= 15 is 0 Å². The van der Waals surface area contributed by atoms with Crippen molar-refractivity contribution in [3.63, 3.8) is 0 Å². The van der Waals surface area contributed by atoms with Crippen molar-refractivity contribution in [2.75, 3.05) is 31.1 Å². The lowest BCUT2D eigenvalue weighted by atomic mass is 10.1. The van der Waals surface area contributed by atoms with E-state index in [1.807, 2.05) is 4.57 Å². The Balaban J connectivity index is 1.70. The number of aromatic nitrogens is 1. The van der Waals surface area contributed by atoms with E-state index in [0.29, 0.717) is 23.8 Å². The van der Waals surface area contributed by atoms with Crippen molar-refractivity contribution >= 4 is 28.2 Å². The molecule has 2 saturated heterocycles. The lowest BCUT2D eigenvalue weighted by molar-refractivity contribution is -0.384. The Kier molecular flexibility index (Phi) is 4.09. The van der Waals surface area contributed by atoms with Crippen LogP contribution in [0.25, 0.3) is 10.9 Å². The quantitative estimate of drug-likeness (QED) is 0.621. The molecule has 3 heterocycles. The number of hydrogen-bond acceptors (Lipinski definition) is 6. The van der Waals surface area contributed by atoms with Crippen LogP contribution >= 0.6 is 0 Å². The van der Waals surface area contributed by atoms with E-state index in [1.54, 1.807) is 6.07 Å². The molecule has 1 aromatic carbocycles. The number of pyridine rings is 1. The third-order valence-electron chi connectivity index (χ3n) is 6.42. The second-order valence-corrected chi connectivity index (χ2v) is 8.21. The lowest BCUT2D eigenvalue weighted by Gasteiger charge is -2.38. The summed E-state index contributed by atoms with van der Waals surface area (Å²) in [7, 11) is 0. The van der Waals surface area contributed by atoms with E-state index in [-0.39, 0.29) is 22.7 Å². The molecular formula is C20H22N4O5. The number of carboxylic acids is 1. The number of hydrogen-bond donors (Lipinski definition) is 1. The van der Waals surface area contributed by atoms with Crippen molar-refractivity contribution in [3.05, 3.63) is 44.2 Å². The normalized spacial score (nSPS) is 22.1. The maximum absolute atomic E-state index is 12.7. The Morgan fingerprint density at radius 2 is 1.93 bits per heavy atom. The van der Waals surface area contributed by atoms with Gasteiger partial charge < -0.3 is 14.6 Å². The van der Waals surface area contributed by atoms with Gasteiger partial charge in [-0.05, 0) is 38.3 Å². The number of nitro groups is 1. The summed E-state index contributed by atoms with van der Waals surface area (Å²) in [6, 6.07) is 3.54. The van der Waals surface area contributed by atoms with Crippen molar-refractivity contribution in [1.82, 2.24) is 9.47 Å². The summed E-state index contributed by atoms with van der Waals surface area (Å²) >= 11 is 0. The molecule has 1 aromatic heterocycles. The average molecular weight is 398 g/mol. The Morgan fingerprint density at radius 3 is 2.62 bits per heavy atom. The molecule has 3 aliphatic rings. The highest BCUT2D eigenvalue weighted by atomic mass is 16.6. The molecular weight excluding hydrogens is 376 g/mol. The first-order chi connectivity index (χ1) is 13.9. The molecule has 0 spiro atoms. The highest BCUT2D eigenvalue weighted by Crippen LogP contribution is 2.40. The van der Waals surface area contributed by atoms with Gasteiger partial charge in [-0.15, -0.1) is 0 Å². The van der Waals surface area contributed by atoms with Crippen LogP contribution in [0, 0.1) is 10.1 Å². The van der Waals surface area contributed by atoms with Gasteiger partial charge in [-0.2, -0.15) is 0 Å². The minimum atomic E-state index is -1.31. The first-order valence-electron chi connectivity index (χ1n) is 10.0. The van der Waals surface area contributed by atoms with Gasteiger partial charge in [-0.3, -0.25) is 19.8 Å². The van der Waals surface area contributed by atoms with Gasteiger partial charge in [0, 0.05) is 44.0 Å². The molecule has 152 valence electrons. The van der Waals surface area contributed by atoms with Crippen molar-refractivity contribution in [2.45, 2.75) is 37.8 Å². The number of piperazine rings is 1. The minimum absolute atomic E-state index is 0.103. The molecule has 2 aromatic rings. The van der Waals surface area contributed by atoms with E-state index in [2.05, 4.69) is 9.80 Å². The second-order valence-electron chi connectivity index (χ2n) is 8.21. The van der Waals surface area contributed by atoms with Crippen LogP contribution in [-0.4, -0.2) is 57.7 Å². The van der Waals surface area contributed by atoms with E-state index in [0.717, 1.165) is 45.3 Å². The van der Waals surface area contributed by atoms with Gasteiger partial charge in [0.25, 0.3) is 5.69 Å². The van der Waals surface area contributed by atoms with Crippen LogP contribution in [-0.2, 0) is 0 Å². The minimum Gasteiger partial charge on any atom is -0.477 e.